The lowest BCUT2D eigenvalue weighted by atomic mass is 10.2. The van der Waals surface area contributed by atoms with Crippen molar-refractivity contribution in [2.24, 2.45) is 7.05 Å². The molecule has 0 amide bonds. The van der Waals surface area contributed by atoms with Crippen molar-refractivity contribution in [3.05, 3.63) is 30.1 Å². The molecule has 0 bridgehead atoms. The van der Waals surface area contributed by atoms with E-state index in [0.717, 1.165) is 0 Å². The Morgan fingerprint density at radius 3 is 2.83 bits per heavy atom. The van der Waals surface area contributed by atoms with E-state index in [0.29, 0.717) is 6.04 Å². The molecule has 0 aliphatic carbocycles. The van der Waals surface area contributed by atoms with Crippen molar-refractivity contribution in [1.29, 1.82) is 0 Å². The zero-order chi connectivity index (χ0) is 8.97. The second kappa shape index (κ2) is 4.12. The maximum Gasteiger partial charge on any atom is 0.0221 e. The van der Waals surface area contributed by atoms with Crippen LogP contribution in [0.5, 0.6) is 0 Å². The highest BCUT2D eigenvalue weighted by Crippen LogP contribution is 2.02. The summed E-state index contributed by atoms with van der Waals surface area (Å²) in [6.45, 7) is 2.12. The molecule has 0 saturated carbocycles. The Balaban J connectivity index is 2.57. The Morgan fingerprint density at radius 2 is 2.33 bits per heavy atom. The van der Waals surface area contributed by atoms with Crippen LogP contribution in [0, 0.1) is 0 Å². The number of nitrogens with zero attached hydrogens (tertiary/aromatic N) is 1. The first-order valence-corrected chi connectivity index (χ1v) is 4.20. The minimum atomic E-state index is 0.435. The van der Waals surface area contributed by atoms with Gasteiger partial charge in [-0.05, 0) is 25.6 Å². The summed E-state index contributed by atoms with van der Waals surface area (Å²) in [6, 6.07) is 2.53. The van der Waals surface area contributed by atoms with E-state index in [4.69, 9.17) is 0 Å². The molecule has 12 heavy (non-hydrogen) atoms. The van der Waals surface area contributed by atoms with Crippen molar-refractivity contribution in [3.8, 4) is 0 Å². The van der Waals surface area contributed by atoms with Crippen LogP contribution < -0.4 is 5.32 Å². The SMILES string of the molecule is CNC(C)/C=C/c1ccn(C)c1. The van der Waals surface area contributed by atoms with Gasteiger partial charge in [0.05, 0.1) is 0 Å². The Kier molecular flexibility index (Phi) is 3.11. The van der Waals surface area contributed by atoms with E-state index in [1.165, 1.54) is 5.56 Å². The Hall–Kier alpha value is -1.02. The summed E-state index contributed by atoms with van der Waals surface area (Å²) >= 11 is 0. The van der Waals surface area contributed by atoms with Crippen molar-refractivity contribution in [2.75, 3.05) is 7.05 Å². The van der Waals surface area contributed by atoms with Gasteiger partial charge in [0.1, 0.15) is 0 Å². The number of rotatable bonds is 3. The highest BCUT2D eigenvalue weighted by molar-refractivity contribution is 5.48. The van der Waals surface area contributed by atoms with Gasteiger partial charge in [0, 0.05) is 25.5 Å². The number of likely N-dealkylation sites (N-methyl/N-ethyl adjacent to an activating group) is 1. The van der Waals surface area contributed by atoms with Crippen LogP contribution in [0.15, 0.2) is 24.5 Å². The van der Waals surface area contributed by atoms with Crippen LogP contribution in [0.3, 0.4) is 0 Å². The van der Waals surface area contributed by atoms with Crippen molar-refractivity contribution >= 4 is 6.08 Å². The molecule has 1 aromatic rings. The van der Waals surface area contributed by atoms with Crippen LogP contribution in [-0.2, 0) is 7.05 Å². The predicted molar refractivity (Wildman–Crippen MR) is 53.0 cm³/mol. The third kappa shape index (κ3) is 2.55. The van der Waals surface area contributed by atoms with E-state index >= 15 is 0 Å². The third-order valence-corrected chi connectivity index (χ3v) is 1.89. The van der Waals surface area contributed by atoms with Gasteiger partial charge >= 0.3 is 0 Å². The molecular formula is C10H16N2. The minimum absolute atomic E-state index is 0.435. The van der Waals surface area contributed by atoms with Crippen LogP contribution in [0.1, 0.15) is 12.5 Å². The number of hydrogen-bond donors (Lipinski definition) is 1. The van der Waals surface area contributed by atoms with Crippen LogP contribution >= 0.6 is 0 Å². The molecule has 1 aromatic heterocycles. The first-order valence-electron chi connectivity index (χ1n) is 4.20. The highest BCUT2D eigenvalue weighted by atomic mass is 14.9. The molecule has 2 heteroatoms. The van der Waals surface area contributed by atoms with Crippen molar-refractivity contribution in [3.63, 3.8) is 0 Å². The lowest BCUT2D eigenvalue weighted by molar-refractivity contribution is 0.731. The van der Waals surface area contributed by atoms with Gasteiger partial charge in [-0.3, -0.25) is 0 Å². The van der Waals surface area contributed by atoms with Gasteiger partial charge in [0.15, 0.2) is 0 Å². The molecule has 0 saturated heterocycles. The maximum atomic E-state index is 3.15. The largest absolute Gasteiger partial charge is 0.357 e. The standard InChI is InChI=1S/C10H16N2/c1-9(11-2)4-5-10-6-7-12(3)8-10/h4-9,11H,1-3H3/b5-4+. The normalized spacial score (nSPS) is 13.9. The molecule has 1 N–H and O–H groups in total. The van der Waals surface area contributed by atoms with Crippen LogP contribution in [0.4, 0.5) is 0 Å². The van der Waals surface area contributed by atoms with Crippen LogP contribution in [-0.4, -0.2) is 17.7 Å². The molecule has 1 unspecified atom stereocenters. The zero-order valence-corrected chi connectivity index (χ0v) is 7.91. The summed E-state index contributed by atoms with van der Waals surface area (Å²) in [5.41, 5.74) is 1.25. The van der Waals surface area contributed by atoms with E-state index in [9.17, 15) is 0 Å². The Morgan fingerprint density at radius 1 is 1.58 bits per heavy atom. The molecule has 1 atom stereocenters. The fraction of sp³-hybridized carbons (Fsp3) is 0.400. The topological polar surface area (TPSA) is 17.0 Å². The predicted octanol–water partition coefficient (Wildman–Crippen LogP) is 1.65. The van der Waals surface area contributed by atoms with Crippen molar-refractivity contribution in [2.45, 2.75) is 13.0 Å². The molecule has 0 fully saturated rings. The van der Waals surface area contributed by atoms with Crippen LogP contribution in [0.2, 0.25) is 0 Å². The zero-order valence-electron chi connectivity index (χ0n) is 7.91. The molecule has 0 spiro atoms. The lowest BCUT2D eigenvalue weighted by Crippen LogP contribution is -2.17. The number of hydrogen-bond acceptors (Lipinski definition) is 1. The summed E-state index contributed by atoms with van der Waals surface area (Å²) in [4.78, 5) is 0. The summed E-state index contributed by atoms with van der Waals surface area (Å²) in [5.74, 6) is 0. The van der Waals surface area contributed by atoms with Crippen LogP contribution in [0.25, 0.3) is 6.08 Å². The fourth-order valence-electron chi connectivity index (χ4n) is 0.975. The second-order valence-electron chi connectivity index (χ2n) is 3.05. The maximum absolute atomic E-state index is 3.15. The number of aryl methyl sites for hydroxylation is 1. The van der Waals surface area contributed by atoms with E-state index < -0.39 is 0 Å². The lowest BCUT2D eigenvalue weighted by Gasteiger charge is -2.00. The molecule has 0 aliphatic rings. The minimum Gasteiger partial charge on any atom is -0.357 e. The average molecular weight is 164 g/mol. The summed E-state index contributed by atoms with van der Waals surface area (Å²) < 4.78 is 2.05. The van der Waals surface area contributed by atoms with Gasteiger partial charge in [-0.25, -0.2) is 0 Å². The van der Waals surface area contributed by atoms with E-state index in [1.807, 2.05) is 24.9 Å². The smallest absolute Gasteiger partial charge is 0.0221 e. The summed E-state index contributed by atoms with van der Waals surface area (Å²) in [6.07, 6.45) is 8.42. The quantitative estimate of drug-likeness (QED) is 0.718. The molecule has 0 aliphatic heterocycles. The highest BCUT2D eigenvalue weighted by Gasteiger charge is 1.91. The first kappa shape index (κ1) is 9.07. The van der Waals surface area contributed by atoms with E-state index in [1.54, 1.807) is 0 Å². The van der Waals surface area contributed by atoms with Gasteiger partial charge in [-0.2, -0.15) is 0 Å². The fourth-order valence-corrected chi connectivity index (χ4v) is 0.975. The molecule has 2 nitrogen and oxygen atoms in total. The van der Waals surface area contributed by atoms with Gasteiger partial charge < -0.3 is 9.88 Å². The van der Waals surface area contributed by atoms with Gasteiger partial charge in [0.25, 0.3) is 0 Å². The van der Waals surface area contributed by atoms with Gasteiger partial charge in [-0.15, -0.1) is 0 Å². The monoisotopic (exact) mass is 164 g/mol. The number of nitrogens with one attached hydrogen (secondary N) is 1. The van der Waals surface area contributed by atoms with Crippen molar-refractivity contribution < 1.29 is 0 Å². The summed E-state index contributed by atoms with van der Waals surface area (Å²) in [7, 11) is 3.98. The summed E-state index contributed by atoms with van der Waals surface area (Å²) in [5, 5.41) is 3.15. The van der Waals surface area contributed by atoms with Gasteiger partial charge in [-0.1, -0.05) is 12.2 Å². The molecule has 1 heterocycles. The third-order valence-electron chi connectivity index (χ3n) is 1.89. The van der Waals surface area contributed by atoms with E-state index in [-0.39, 0.29) is 0 Å². The Labute approximate surface area is 73.9 Å². The molecule has 0 radical (unpaired) electrons. The molecule has 1 rings (SSSR count). The van der Waals surface area contributed by atoms with Crippen molar-refractivity contribution in [1.82, 2.24) is 9.88 Å². The first-order chi connectivity index (χ1) is 5.72. The molecule has 66 valence electrons. The van der Waals surface area contributed by atoms with E-state index in [2.05, 4.69) is 36.7 Å². The number of aromatic nitrogens is 1. The average Bonchev–Trinajstić information content (AvgIpc) is 2.47. The Bertz CT molecular complexity index is 261. The van der Waals surface area contributed by atoms with Gasteiger partial charge in [0.2, 0.25) is 0 Å². The second-order valence-corrected chi connectivity index (χ2v) is 3.05. The molecular weight excluding hydrogens is 148 g/mol. The molecule has 0 aromatic carbocycles.